The average molecular weight is 591 g/mol. The highest BCUT2D eigenvalue weighted by Crippen LogP contribution is 2.27. The molecule has 232 valence electrons. The highest BCUT2D eigenvalue weighted by atomic mass is 16.6. The van der Waals surface area contributed by atoms with Crippen molar-refractivity contribution in [3.63, 3.8) is 0 Å². The molecule has 0 aromatic heterocycles. The lowest BCUT2D eigenvalue weighted by molar-refractivity contribution is -0.150. The van der Waals surface area contributed by atoms with E-state index < -0.39 is 5.97 Å². The monoisotopic (exact) mass is 590 g/mol. The van der Waals surface area contributed by atoms with Crippen molar-refractivity contribution in [2.75, 3.05) is 33.5 Å². The number of carbonyl (C=O) groups excluding carboxylic acids is 2. The predicted molar refractivity (Wildman–Crippen MR) is 172 cm³/mol. The van der Waals surface area contributed by atoms with Crippen molar-refractivity contribution in [2.45, 2.75) is 59.9 Å². The van der Waals surface area contributed by atoms with Crippen LogP contribution in [0.1, 0.15) is 65.0 Å². The van der Waals surface area contributed by atoms with Gasteiger partial charge in [0.2, 0.25) is 0 Å². The molecule has 8 heteroatoms. The van der Waals surface area contributed by atoms with E-state index in [0.717, 1.165) is 53.9 Å². The highest BCUT2D eigenvalue weighted by Gasteiger charge is 2.14. The highest BCUT2D eigenvalue weighted by molar-refractivity contribution is 5.94. The Kier molecular flexibility index (Phi) is 16.2. The SMILES string of the molecule is CC/C=C(/C=N/C(=C(\C)c1ccccc1)c1ccccc1)N(CCCCOCC(=O)OC/C(OC=O)=C(\C)OC)C(C)C. The van der Waals surface area contributed by atoms with E-state index in [1.807, 2.05) is 42.6 Å². The van der Waals surface area contributed by atoms with Crippen LogP contribution in [0.15, 0.2) is 88.9 Å². The first kappa shape index (κ1) is 35.0. The molecule has 0 radical (unpaired) electrons. The Morgan fingerprint density at radius 1 is 0.953 bits per heavy atom. The van der Waals surface area contributed by atoms with Gasteiger partial charge in [-0.3, -0.25) is 9.79 Å². The molecule has 0 aliphatic rings. The topological polar surface area (TPSA) is 86.7 Å². The summed E-state index contributed by atoms with van der Waals surface area (Å²) in [7, 11) is 1.44. The van der Waals surface area contributed by atoms with Crippen LogP contribution in [0.4, 0.5) is 0 Å². The third-order valence-corrected chi connectivity index (χ3v) is 6.71. The number of hydrogen-bond acceptors (Lipinski definition) is 8. The summed E-state index contributed by atoms with van der Waals surface area (Å²) < 4.78 is 20.5. The summed E-state index contributed by atoms with van der Waals surface area (Å²) >= 11 is 0. The van der Waals surface area contributed by atoms with Crippen molar-refractivity contribution >= 4 is 29.9 Å². The maximum absolute atomic E-state index is 12.0. The fourth-order valence-electron chi connectivity index (χ4n) is 4.30. The molecule has 0 aliphatic carbocycles. The van der Waals surface area contributed by atoms with Gasteiger partial charge in [-0.2, -0.15) is 0 Å². The molecule has 0 aliphatic heterocycles. The molecule has 2 rings (SSSR count). The zero-order chi connectivity index (χ0) is 31.5. The Labute approximate surface area is 256 Å². The van der Waals surface area contributed by atoms with Gasteiger partial charge < -0.3 is 23.8 Å². The number of nitrogens with zero attached hydrogens (tertiary/aromatic N) is 2. The van der Waals surface area contributed by atoms with Gasteiger partial charge in [0.15, 0.2) is 12.4 Å². The predicted octanol–water partition coefficient (Wildman–Crippen LogP) is 7.04. The van der Waals surface area contributed by atoms with Gasteiger partial charge in [-0.25, -0.2) is 4.79 Å². The van der Waals surface area contributed by atoms with Gasteiger partial charge in [0.25, 0.3) is 6.47 Å². The summed E-state index contributed by atoms with van der Waals surface area (Å²) in [4.78, 5) is 30.1. The minimum Gasteiger partial charge on any atom is -0.498 e. The number of hydrogen-bond donors (Lipinski definition) is 0. The van der Waals surface area contributed by atoms with Crippen LogP contribution in [0, 0.1) is 0 Å². The number of ether oxygens (including phenoxy) is 4. The number of esters is 1. The number of aliphatic imine (C=N–C) groups is 1. The maximum Gasteiger partial charge on any atom is 0.332 e. The van der Waals surface area contributed by atoms with E-state index in [1.165, 1.54) is 7.11 Å². The van der Waals surface area contributed by atoms with E-state index >= 15 is 0 Å². The van der Waals surface area contributed by atoms with Crippen molar-refractivity contribution in [1.29, 1.82) is 0 Å². The van der Waals surface area contributed by atoms with Crippen molar-refractivity contribution in [2.24, 2.45) is 4.99 Å². The van der Waals surface area contributed by atoms with Crippen molar-refractivity contribution in [1.82, 2.24) is 4.90 Å². The van der Waals surface area contributed by atoms with E-state index in [0.29, 0.717) is 12.4 Å². The fraction of sp³-hybridized carbons (Fsp3) is 0.400. The van der Waals surface area contributed by atoms with Gasteiger partial charge in [0, 0.05) is 24.8 Å². The molecule has 0 unspecified atom stereocenters. The van der Waals surface area contributed by atoms with Crippen LogP contribution in [0.25, 0.3) is 11.3 Å². The average Bonchev–Trinajstić information content (AvgIpc) is 3.02. The fourth-order valence-corrected chi connectivity index (χ4v) is 4.30. The Bertz CT molecular complexity index is 1250. The first-order valence-electron chi connectivity index (χ1n) is 14.7. The van der Waals surface area contributed by atoms with E-state index in [9.17, 15) is 9.59 Å². The molecule has 0 heterocycles. The van der Waals surface area contributed by atoms with Gasteiger partial charge in [-0.05, 0) is 58.1 Å². The van der Waals surface area contributed by atoms with E-state index in [2.05, 4.69) is 62.9 Å². The molecule has 0 saturated carbocycles. The molecule has 2 aromatic rings. The minimum atomic E-state index is -0.544. The summed E-state index contributed by atoms with van der Waals surface area (Å²) in [6, 6.07) is 20.9. The van der Waals surface area contributed by atoms with Gasteiger partial charge in [0.05, 0.1) is 24.7 Å². The van der Waals surface area contributed by atoms with E-state index in [-0.39, 0.29) is 31.5 Å². The number of unbranched alkanes of at least 4 members (excludes halogenated alkanes) is 1. The molecule has 8 nitrogen and oxygen atoms in total. The summed E-state index contributed by atoms with van der Waals surface area (Å²) in [6.07, 6.45) is 6.72. The Morgan fingerprint density at radius 3 is 2.19 bits per heavy atom. The van der Waals surface area contributed by atoms with Gasteiger partial charge in [-0.15, -0.1) is 0 Å². The molecule has 0 bridgehead atoms. The molecule has 0 amide bonds. The molecule has 0 fully saturated rings. The quantitative estimate of drug-likeness (QED) is 0.0433. The Morgan fingerprint density at radius 2 is 1.60 bits per heavy atom. The number of allylic oxidation sites excluding steroid dienone is 4. The summed E-state index contributed by atoms with van der Waals surface area (Å²) in [5.41, 5.74) is 5.34. The van der Waals surface area contributed by atoms with Crippen LogP contribution in [0.3, 0.4) is 0 Å². The maximum atomic E-state index is 12.0. The number of methoxy groups -OCH3 is 1. The third-order valence-electron chi connectivity index (χ3n) is 6.71. The number of rotatable bonds is 19. The van der Waals surface area contributed by atoms with Gasteiger partial charge >= 0.3 is 5.97 Å². The normalized spacial score (nSPS) is 13.0. The van der Waals surface area contributed by atoms with Crippen LogP contribution in [-0.4, -0.2) is 63.1 Å². The van der Waals surface area contributed by atoms with Gasteiger partial charge in [0.1, 0.15) is 12.4 Å². The standard InChI is InChI=1S/C35H46N2O6/c1-7-16-32(23-36-35(31-19-12-9-13-20-31)28(4)30-17-10-8-11-18-30)37(27(2)3)21-14-15-22-41-25-34(39)42-24-33(43-26-38)29(5)40-6/h8-13,16-20,23,26-27H,7,14-15,21-22,24-25H2,1-6H3/b32-16-,33-29-,35-28+,36-23+. The lowest BCUT2D eigenvalue weighted by atomic mass is 10.0. The van der Waals surface area contributed by atoms with Crippen molar-refractivity contribution in [3.05, 3.63) is 95.1 Å². The second-order valence-electron chi connectivity index (χ2n) is 10.1. The first-order chi connectivity index (χ1) is 20.8. The van der Waals surface area contributed by atoms with Crippen LogP contribution in [0.5, 0.6) is 0 Å². The molecule has 0 spiro atoms. The van der Waals surface area contributed by atoms with Crippen molar-refractivity contribution in [3.8, 4) is 0 Å². The zero-order valence-electron chi connectivity index (χ0n) is 26.4. The summed E-state index contributed by atoms with van der Waals surface area (Å²) in [5.74, 6) is -0.0476. The van der Waals surface area contributed by atoms with E-state index in [1.54, 1.807) is 6.92 Å². The lowest BCUT2D eigenvalue weighted by Crippen LogP contribution is -2.32. The van der Waals surface area contributed by atoms with Crippen LogP contribution in [0.2, 0.25) is 0 Å². The number of carbonyl (C=O) groups is 2. The molecule has 43 heavy (non-hydrogen) atoms. The van der Waals surface area contributed by atoms with Gasteiger partial charge in [-0.1, -0.05) is 73.7 Å². The molecule has 0 N–H and O–H groups in total. The molecular formula is C35H46N2O6. The molecular weight excluding hydrogens is 544 g/mol. The second kappa shape index (κ2) is 19.9. The molecule has 0 saturated heterocycles. The molecule has 0 atom stereocenters. The van der Waals surface area contributed by atoms with Crippen molar-refractivity contribution < 1.29 is 28.5 Å². The third kappa shape index (κ3) is 12.3. The number of benzene rings is 2. The first-order valence-corrected chi connectivity index (χ1v) is 14.7. The Balaban J connectivity index is 2.01. The zero-order valence-corrected chi connectivity index (χ0v) is 26.4. The largest absolute Gasteiger partial charge is 0.498 e. The van der Waals surface area contributed by atoms with Crippen LogP contribution in [-0.2, 0) is 28.5 Å². The summed E-state index contributed by atoms with van der Waals surface area (Å²) in [5, 5.41) is 0. The minimum absolute atomic E-state index is 0.140. The molecule has 2 aromatic carbocycles. The van der Waals surface area contributed by atoms with E-state index in [4.69, 9.17) is 23.9 Å². The van der Waals surface area contributed by atoms with Crippen LogP contribution >= 0.6 is 0 Å². The summed E-state index contributed by atoms with van der Waals surface area (Å²) in [6.45, 7) is 11.3. The second-order valence-corrected chi connectivity index (χ2v) is 10.1. The Hall–Kier alpha value is -4.17. The smallest absolute Gasteiger partial charge is 0.332 e. The lowest BCUT2D eigenvalue weighted by Gasteiger charge is -2.30. The van der Waals surface area contributed by atoms with Crippen LogP contribution < -0.4 is 0 Å².